The average molecular weight is 201 g/mol. The van der Waals surface area contributed by atoms with Crippen LogP contribution in [0.25, 0.3) is 0 Å². The van der Waals surface area contributed by atoms with Gasteiger partial charge in [0.25, 0.3) is 0 Å². The van der Waals surface area contributed by atoms with E-state index in [4.69, 9.17) is 16.0 Å². The lowest BCUT2D eigenvalue weighted by atomic mass is 10.3. The Morgan fingerprint density at radius 1 is 1.17 bits per heavy atom. The molecule has 0 fully saturated rings. The predicted octanol–water partition coefficient (Wildman–Crippen LogP) is 3.55. The number of hydrogen-bond acceptors (Lipinski definition) is 1. The van der Waals surface area contributed by atoms with Gasteiger partial charge < -0.3 is 4.43 Å². The summed E-state index contributed by atoms with van der Waals surface area (Å²) in [6.45, 7) is 6.41. The first-order valence-corrected chi connectivity index (χ1v) is 7.71. The van der Waals surface area contributed by atoms with Crippen molar-refractivity contribution in [2.24, 2.45) is 0 Å². The summed E-state index contributed by atoms with van der Waals surface area (Å²) >= 11 is 5.93. The lowest BCUT2D eigenvalue weighted by Crippen LogP contribution is -2.29. The van der Waals surface area contributed by atoms with Crippen LogP contribution in [-0.2, 0) is 0 Å². The highest BCUT2D eigenvalue weighted by Gasteiger charge is 2.17. The maximum absolute atomic E-state index is 5.93. The number of rotatable bonds is 2. The Balaban J connectivity index is 2.83. The Morgan fingerprint density at radius 3 is 2.25 bits per heavy atom. The molecule has 0 saturated carbocycles. The molecule has 0 atom stereocenters. The smallest absolute Gasteiger partial charge is 0.242 e. The van der Waals surface area contributed by atoms with Crippen molar-refractivity contribution >= 4 is 19.9 Å². The van der Waals surface area contributed by atoms with Crippen LogP contribution in [0.5, 0.6) is 5.75 Å². The molecule has 0 aromatic heterocycles. The van der Waals surface area contributed by atoms with E-state index in [-0.39, 0.29) is 0 Å². The van der Waals surface area contributed by atoms with E-state index in [1.807, 2.05) is 24.3 Å². The second-order valence-electron chi connectivity index (χ2n) is 3.64. The van der Waals surface area contributed by atoms with Crippen LogP contribution in [-0.4, -0.2) is 8.32 Å². The molecule has 1 rings (SSSR count). The lowest BCUT2D eigenvalue weighted by molar-refractivity contribution is 0.558. The van der Waals surface area contributed by atoms with E-state index in [2.05, 4.69) is 19.6 Å². The molecule has 66 valence electrons. The summed E-state index contributed by atoms with van der Waals surface area (Å²) in [5.74, 6) is 0.804. The molecule has 0 spiro atoms. The van der Waals surface area contributed by atoms with Gasteiger partial charge in [0.05, 0.1) is 5.02 Å². The predicted molar refractivity (Wildman–Crippen MR) is 55.4 cm³/mol. The molecule has 1 aromatic carbocycles. The summed E-state index contributed by atoms with van der Waals surface area (Å²) in [6, 6.07) is 7.58. The third kappa shape index (κ3) is 2.87. The molecule has 0 aliphatic carbocycles. The minimum absolute atomic E-state index is 0.694. The molecule has 0 bridgehead atoms. The van der Waals surface area contributed by atoms with E-state index in [0.29, 0.717) is 5.02 Å². The van der Waals surface area contributed by atoms with Gasteiger partial charge in [-0.1, -0.05) is 23.7 Å². The van der Waals surface area contributed by atoms with Crippen LogP contribution in [0.4, 0.5) is 0 Å². The van der Waals surface area contributed by atoms with Crippen LogP contribution in [0, 0.1) is 0 Å². The third-order valence-electron chi connectivity index (χ3n) is 1.25. The zero-order valence-electron chi connectivity index (χ0n) is 7.60. The summed E-state index contributed by atoms with van der Waals surface area (Å²) in [7, 11) is -1.51. The Kier molecular flexibility index (Phi) is 2.80. The van der Waals surface area contributed by atoms with Crippen LogP contribution in [0.3, 0.4) is 0 Å². The maximum Gasteiger partial charge on any atom is 0.242 e. The van der Waals surface area contributed by atoms with Gasteiger partial charge in [-0.25, -0.2) is 0 Å². The summed E-state index contributed by atoms with van der Waals surface area (Å²) < 4.78 is 5.74. The number of benzene rings is 1. The highest BCUT2D eigenvalue weighted by molar-refractivity contribution is 6.70. The fourth-order valence-corrected chi connectivity index (χ4v) is 1.93. The van der Waals surface area contributed by atoms with Crippen molar-refractivity contribution in [3.63, 3.8) is 0 Å². The normalized spacial score (nSPS) is 11.3. The Hall–Kier alpha value is -0.473. The van der Waals surface area contributed by atoms with Crippen LogP contribution >= 0.6 is 11.6 Å². The molecular formula is C9H13ClOSi. The molecular weight excluding hydrogens is 188 g/mol. The molecule has 0 saturated heterocycles. The Bertz CT molecular complexity index is 267. The third-order valence-corrected chi connectivity index (χ3v) is 2.40. The quantitative estimate of drug-likeness (QED) is 0.664. The van der Waals surface area contributed by atoms with E-state index in [1.165, 1.54) is 0 Å². The van der Waals surface area contributed by atoms with Crippen molar-refractivity contribution in [3.8, 4) is 5.75 Å². The zero-order valence-corrected chi connectivity index (χ0v) is 9.35. The highest BCUT2D eigenvalue weighted by atomic mass is 35.5. The monoisotopic (exact) mass is 200 g/mol. The SMILES string of the molecule is C[Si](C)(C)Oc1ccccc1Cl. The largest absolute Gasteiger partial charge is 0.543 e. The first kappa shape index (κ1) is 9.61. The van der Waals surface area contributed by atoms with Crippen molar-refractivity contribution in [2.45, 2.75) is 19.6 Å². The summed E-state index contributed by atoms with van der Waals surface area (Å²) in [4.78, 5) is 0. The average Bonchev–Trinajstić information content (AvgIpc) is 1.91. The Labute approximate surface area is 79.4 Å². The van der Waals surface area contributed by atoms with Crippen molar-refractivity contribution < 1.29 is 4.43 Å². The minimum Gasteiger partial charge on any atom is -0.543 e. The first-order valence-electron chi connectivity index (χ1n) is 3.92. The van der Waals surface area contributed by atoms with Crippen molar-refractivity contribution in [3.05, 3.63) is 29.3 Å². The molecule has 0 heterocycles. The minimum atomic E-state index is -1.51. The standard InChI is InChI=1S/C9H13ClOSi/c1-12(2,3)11-9-7-5-4-6-8(9)10/h4-7H,1-3H3. The highest BCUT2D eigenvalue weighted by Crippen LogP contribution is 2.25. The van der Waals surface area contributed by atoms with E-state index < -0.39 is 8.32 Å². The van der Waals surface area contributed by atoms with Gasteiger partial charge in [0.15, 0.2) is 0 Å². The summed E-state index contributed by atoms with van der Waals surface area (Å²) in [5, 5.41) is 0.694. The van der Waals surface area contributed by atoms with Gasteiger partial charge in [-0.05, 0) is 31.8 Å². The van der Waals surface area contributed by atoms with Gasteiger partial charge in [0.2, 0.25) is 8.32 Å². The molecule has 0 amide bonds. The summed E-state index contributed by atoms with van der Waals surface area (Å²) in [6.07, 6.45) is 0. The van der Waals surface area contributed by atoms with Crippen molar-refractivity contribution in [2.75, 3.05) is 0 Å². The number of halogens is 1. The van der Waals surface area contributed by atoms with Crippen LogP contribution in [0.15, 0.2) is 24.3 Å². The zero-order chi connectivity index (χ0) is 9.19. The topological polar surface area (TPSA) is 9.23 Å². The van der Waals surface area contributed by atoms with Gasteiger partial charge >= 0.3 is 0 Å². The number of hydrogen-bond donors (Lipinski definition) is 0. The maximum atomic E-state index is 5.93. The second kappa shape index (κ2) is 3.50. The fraction of sp³-hybridized carbons (Fsp3) is 0.333. The molecule has 1 nitrogen and oxygen atoms in total. The van der Waals surface area contributed by atoms with Gasteiger partial charge in [0, 0.05) is 0 Å². The lowest BCUT2D eigenvalue weighted by Gasteiger charge is -2.19. The fourth-order valence-electron chi connectivity index (χ4n) is 0.857. The van der Waals surface area contributed by atoms with Crippen molar-refractivity contribution in [1.29, 1.82) is 0 Å². The van der Waals surface area contributed by atoms with E-state index in [9.17, 15) is 0 Å². The first-order chi connectivity index (χ1) is 5.49. The van der Waals surface area contributed by atoms with Crippen LogP contribution in [0.2, 0.25) is 24.7 Å². The molecule has 0 N–H and O–H groups in total. The van der Waals surface area contributed by atoms with Gasteiger partial charge in [-0.3, -0.25) is 0 Å². The van der Waals surface area contributed by atoms with E-state index >= 15 is 0 Å². The number of para-hydroxylation sites is 1. The molecule has 3 heteroatoms. The van der Waals surface area contributed by atoms with Gasteiger partial charge in [0.1, 0.15) is 5.75 Å². The van der Waals surface area contributed by atoms with Gasteiger partial charge in [-0.2, -0.15) is 0 Å². The molecule has 0 radical (unpaired) electrons. The molecule has 12 heavy (non-hydrogen) atoms. The van der Waals surface area contributed by atoms with E-state index in [1.54, 1.807) is 0 Å². The molecule has 1 aromatic rings. The molecule has 0 aliphatic rings. The Morgan fingerprint density at radius 2 is 1.75 bits per heavy atom. The van der Waals surface area contributed by atoms with E-state index in [0.717, 1.165) is 5.75 Å². The molecule has 0 unspecified atom stereocenters. The van der Waals surface area contributed by atoms with Gasteiger partial charge in [-0.15, -0.1) is 0 Å². The summed E-state index contributed by atoms with van der Waals surface area (Å²) in [5.41, 5.74) is 0. The van der Waals surface area contributed by atoms with Crippen molar-refractivity contribution in [1.82, 2.24) is 0 Å². The van der Waals surface area contributed by atoms with Crippen LogP contribution in [0.1, 0.15) is 0 Å². The molecule has 0 aliphatic heterocycles. The van der Waals surface area contributed by atoms with Crippen LogP contribution < -0.4 is 4.43 Å². The second-order valence-corrected chi connectivity index (χ2v) is 8.48.